The van der Waals surface area contributed by atoms with E-state index in [0.717, 1.165) is 19.3 Å². The average molecular weight is 381 g/mol. The van der Waals surface area contributed by atoms with Crippen LogP contribution >= 0.6 is 0 Å². The van der Waals surface area contributed by atoms with E-state index in [1.54, 1.807) is 5.57 Å². The van der Waals surface area contributed by atoms with E-state index in [1.165, 1.54) is 27.8 Å². The van der Waals surface area contributed by atoms with Crippen molar-refractivity contribution in [3.8, 4) is 0 Å². The summed E-state index contributed by atoms with van der Waals surface area (Å²) in [5.74, 6) is 1.80. The second-order valence-corrected chi connectivity index (χ2v) is 8.73. The Morgan fingerprint density at radius 2 is 1.69 bits per heavy atom. The Kier molecular flexibility index (Phi) is 5.72. The lowest BCUT2D eigenvalue weighted by Crippen LogP contribution is -2.31. The van der Waals surface area contributed by atoms with Crippen LogP contribution in [0.25, 0.3) is 6.08 Å². The molecule has 0 amide bonds. The van der Waals surface area contributed by atoms with Crippen molar-refractivity contribution in [2.24, 2.45) is 17.8 Å². The molecule has 0 N–H and O–H groups in total. The van der Waals surface area contributed by atoms with E-state index >= 15 is 0 Å². The van der Waals surface area contributed by atoms with Gasteiger partial charge in [-0.2, -0.15) is 0 Å². The van der Waals surface area contributed by atoms with Gasteiger partial charge in [-0.05, 0) is 47.0 Å². The quantitative estimate of drug-likeness (QED) is 0.461. The van der Waals surface area contributed by atoms with Crippen LogP contribution in [0.15, 0.2) is 102 Å². The molecule has 0 heterocycles. The number of hydrogen-bond acceptors (Lipinski definition) is 0. The van der Waals surface area contributed by atoms with Crippen LogP contribution in [0.4, 0.5) is 0 Å². The summed E-state index contributed by atoms with van der Waals surface area (Å²) >= 11 is 0. The van der Waals surface area contributed by atoms with E-state index in [4.69, 9.17) is 0 Å². The van der Waals surface area contributed by atoms with Crippen LogP contribution in [-0.2, 0) is 0 Å². The van der Waals surface area contributed by atoms with E-state index < -0.39 is 0 Å². The predicted octanol–water partition coefficient (Wildman–Crippen LogP) is 7.98. The van der Waals surface area contributed by atoms with Crippen molar-refractivity contribution in [3.05, 3.63) is 113 Å². The molecule has 1 fully saturated rings. The number of fused-ring (bicyclic) bond motifs is 1. The van der Waals surface area contributed by atoms with Crippen molar-refractivity contribution in [2.45, 2.75) is 39.0 Å². The Morgan fingerprint density at radius 3 is 2.34 bits per heavy atom. The van der Waals surface area contributed by atoms with Crippen molar-refractivity contribution in [1.29, 1.82) is 0 Å². The van der Waals surface area contributed by atoms with Crippen LogP contribution in [0.3, 0.4) is 0 Å². The lowest BCUT2D eigenvalue weighted by molar-refractivity contribution is 0.322. The molecule has 0 nitrogen and oxygen atoms in total. The molecular formula is C29H32. The molecular weight excluding hydrogens is 348 g/mol. The Bertz CT molecular complexity index is 942. The van der Waals surface area contributed by atoms with Crippen molar-refractivity contribution < 1.29 is 0 Å². The third-order valence-corrected chi connectivity index (χ3v) is 6.74. The van der Waals surface area contributed by atoms with Crippen molar-refractivity contribution >= 4 is 6.08 Å². The van der Waals surface area contributed by atoms with Crippen LogP contribution in [-0.4, -0.2) is 0 Å². The summed E-state index contributed by atoms with van der Waals surface area (Å²) in [6.07, 6.45) is 8.16. The second kappa shape index (κ2) is 8.41. The molecule has 2 aliphatic rings. The monoisotopic (exact) mass is 380 g/mol. The van der Waals surface area contributed by atoms with Crippen LogP contribution < -0.4 is 0 Å². The van der Waals surface area contributed by atoms with Crippen molar-refractivity contribution in [1.82, 2.24) is 0 Å². The fraction of sp³-hybridized carbons (Fsp3) is 0.310. The molecule has 0 heteroatoms. The largest absolute Gasteiger partial charge is 0.0995 e. The maximum atomic E-state index is 4.62. The summed E-state index contributed by atoms with van der Waals surface area (Å²) in [5.41, 5.74) is 8.34. The molecule has 2 aromatic rings. The summed E-state index contributed by atoms with van der Waals surface area (Å²) in [7, 11) is 0. The fourth-order valence-electron chi connectivity index (χ4n) is 5.54. The van der Waals surface area contributed by atoms with E-state index in [0.29, 0.717) is 23.7 Å². The topological polar surface area (TPSA) is 0 Å². The molecule has 0 bridgehead atoms. The van der Waals surface area contributed by atoms with Gasteiger partial charge in [0.2, 0.25) is 0 Å². The first-order valence-electron chi connectivity index (χ1n) is 11.0. The van der Waals surface area contributed by atoms with Gasteiger partial charge < -0.3 is 0 Å². The van der Waals surface area contributed by atoms with Gasteiger partial charge in [0.15, 0.2) is 0 Å². The number of allylic oxidation sites excluding steroid dienone is 5. The molecule has 0 aliphatic heterocycles. The van der Waals surface area contributed by atoms with Crippen molar-refractivity contribution in [2.75, 3.05) is 0 Å². The van der Waals surface area contributed by atoms with E-state index in [2.05, 4.69) is 99.8 Å². The van der Waals surface area contributed by atoms with Crippen molar-refractivity contribution in [3.63, 3.8) is 0 Å². The SMILES string of the molecule is C=C1C(=Cc2ccccc2)CC2=CC(C)C(C(=C)CCC)C(c3ccccc3)C12. The highest BCUT2D eigenvalue weighted by Gasteiger charge is 2.44. The minimum atomic E-state index is 0.391. The normalized spacial score (nSPS) is 27.6. The Balaban J connectivity index is 1.77. The molecule has 148 valence electrons. The van der Waals surface area contributed by atoms with E-state index in [1.807, 2.05) is 0 Å². The minimum absolute atomic E-state index is 0.391. The summed E-state index contributed by atoms with van der Waals surface area (Å²) in [6.45, 7) is 13.8. The maximum absolute atomic E-state index is 4.62. The highest BCUT2D eigenvalue weighted by atomic mass is 14.5. The van der Waals surface area contributed by atoms with Gasteiger partial charge in [-0.15, -0.1) is 0 Å². The van der Waals surface area contributed by atoms with Gasteiger partial charge in [0.05, 0.1) is 0 Å². The highest BCUT2D eigenvalue weighted by molar-refractivity contribution is 5.64. The third-order valence-electron chi connectivity index (χ3n) is 6.74. The number of hydrogen-bond donors (Lipinski definition) is 0. The molecule has 4 unspecified atom stereocenters. The first-order valence-corrected chi connectivity index (χ1v) is 11.0. The molecule has 29 heavy (non-hydrogen) atoms. The Hall–Kier alpha value is -2.60. The molecule has 0 radical (unpaired) electrons. The van der Waals surface area contributed by atoms with Crippen LogP contribution in [0.1, 0.15) is 50.2 Å². The molecule has 4 rings (SSSR count). The first kappa shape index (κ1) is 19.7. The molecule has 0 saturated heterocycles. The van der Waals surface area contributed by atoms with E-state index in [-0.39, 0.29) is 0 Å². The molecule has 1 saturated carbocycles. The summed E-state index contributed by atoms with van der Waals surface area (Å²) in [4.78, 5) is 0. The van der Waals surface area contributed by atoms with Gasteiger partial charge in [-0.3, -0.25) is 0 Å². The van der Waals surface area contributed by atoms with Crippen LogP contribution in [0, 0.1) is 17.8 Å². The van der Waals surface area contributed by atoms with Crippen LogP contribution in [0.2, 0.25) is 0 Å². The number of rotatable bonds is 5. The molecule has 2 aromatic carbocycles. The van der Waals surface area contributed by atoms with Gasteiger partial charge in [-0.25, -0.2) is 0 Å². The average Bonchev–Trinajstić information content (AvgIpc) is 3.03. The summed E-state index contributed by atoms with van der Waals surface area (Å²) < 4.78 is 0. The standard InChI is InChI=1S/C29H32/c1-5-12-20(2)27-21(3)17-26-19-25(18-23-13-8-6-9-14-23)22(4)28(26)29(27)24-15-10-7-11-16-24/h6-11,13-18,21,27-29H,2,4-5,12,19H2,1,3H3. The zero-order chi connectivity index (χ0) is 20.4. The maximum Gasteiger partial charge on any atom is 0.0123 e. The summed E-state index contributed by atoms with van der Waals surface area (Å²) in [5, 5.41) is 0. The minimum Gasteiger partial charge on any atom is -0.0995 e. The Morgan fingerprint density at radius 1 is 1.03 bits per heavy atom. The van der Waals surface area contributed by atoms with Gasteiger partial charge in [0.25, 0.3) is 0 Å². The van der Waals surface area contributed by atoms with Gasteiger partial charge in [0.1, 0.15) is 0 Å². The number of benzene rings is 2. The summed E-state index contributed by atoms with van der Waals surface area (Å²) in [6, 6.07) is 21.7. The fourth-order valence-corrected chi connectivity index (χ4v) is 5.54. The molecule has 0 aromatic heterocycles. The smallest absolute Gasteiger partial charge is 0.0123 e. The molecule has 0 spiro atoms. The van der Waals surface area contributed by atoms with Crippen LogP contribution in [0.5, 0.6) is 0 Å². The lowest BCUT2D eigenvalue weighted by atomic mass is 9.62. The van der Waals surface area contributed by atoms with Gasteiger partial charge in [0, 0.05) is 11.8 Å². The van der Waals surface area contributed by atoms with Gasteiger partial charge >= 0.3 is 0 Å². The predicted molar refractivity (Wildman–Crippen MR) is 126 cm³/mol. The van der Waals surface area contributed by atoms with Gasteiger partial charge in [-0.1, -0.05) is 117 Å². The first-order chi connectivity index (χ1) is 14.1. The highest BCUT2D eigenvalue weighted by Crippen LogP contribution is 2.56. The Labute approximate surface area is 176 Å². The zero-order valence-corrected chi connectivity index (χ0v) is 17.8. The zero-order valence-electron chi connectivity index (χ0n) is 17.8. The third kappa shape index (κ3) is 3.81. The molecule has 4 atom stereocenters. The lowest BCUT2D eigenvalue weighted by Gasteiger charge is -2.41. The molecule has 2 aliphatic carbocycles. The second-order valence-electron chi connectivity index (χ2n) is 8.73. The van der Waals surface area contributed by atoms with E-state index in [9.17, 15) is 0 Å².